The van der Waals surface area contributed by atoms with Crippen molar-refractivity contribution in [1.82, 2.24) is 29.4 Å². The van der Waals surface area contributed by atoms with Crippen LogP contribution in [0.4, 0.5) is 21.8 Å². The standard InChI is InChI=1S/C20H25BrFN5O3S.C20H24BrN5O3S.CH4/c1-20(2)11-13(5-4-10-23)12-27(20)18-14(8-9-15(21)24-18)19(28)26-31(29,30)17-7-3-6-16(22)25-17;1-20(2)11-13-5-4-10-22-16-6-3-7-17(24-16)30(28,29)25-19(27)14-8-9-15(21)23-18(14)26(20)12-13;/h3,6-9,13H,4-5,10-12,23H2,1-2H3,(H,26,28);3,6-9,13H,4-5,10-12H2,1-2H3,(H,22,24)(H,25,27);1H4/t2*13-;/m00./s1. The molecule has 3 aliphatic rings. The molecule has 16 nitrogen and oxygen atoms in total. The molecule has 0 saturated carbocycles. The maximum Gasteiger partial charge on any atom is 0.281 e. The second kappa shape index (κ2) is 19.6. The fourth-order valence-corrected chi connectivity index (χ4v) is 10.7. The van der Waals surface area contributed by atoms with Crippen molar-refractivity contribution < 1.29 is 30.8 Å². The first-order valence-electron chi connectivity index (χ1n) is 19.8. The Morgan fingerprint density at radius 2 is 1.58 bits per heavy atom. The molecule has 336 valence electrons. The summed E-state index contributed by atoms with van der Waals surface area (Å²) in [5.74, 6) is -0.360. The Morgan fingerprint density at radius 3 is 2.29 bits per heavy atom. The monoisotopic (exact) mass is 1020 g/mol. The van der Waals surface area contributed by atoms with E-state index in [4.69, 9.17) is 5.73 Å². The van der Waals surface area contributed by atoms with Crippen molar-refractivity contribution in [2.75, 3.05) is 41.3 Å². The number of hydrogen-bond donors (Lipinski definition) is 4. The van der Waals surface area contributed by atoms with Crippen LogP contribution in [0.25, 0.3) is 0 Å². The molecule has 2 atom stereocenters. The highest BCUT2D eigenvalue weighted by atomic mass is 79.9. The average molecular weight is 1020 g/mol. The normalized spacial score (nSPS) is 20.2. The van der Waals surface area contributed by atoms with Gasteiger partial charge in [0.05, 0.1) is 11.1 Å². The molecule has 7 rings (SSSR count). The van der Waals surface area contributed by atoms with E-state index in [2.05, 4.69) is 94.4 Å². The first kappa shape index (κ1) is 48.7. The van der Waals surface area contributed by atoms with E-state index in [1.807, 2.05) is 9.62 Å². The zero-order chi connectivity index (χ0) is 44.3. The van der Waals surface area contributed by atoms with Gasteiger partial charge in [-0.1, -0.05) is 19.6 Å². The molecule has 4 aromatic rings. The van der Waals surface area contributed by atoms with E-state index in [-0.39, 0.29) is 34.7 Å². The molecule has 2 amide bonds. The lowest BCUT2D eigenvalue weighted by Crippen LogP contribution is -2.41. The number of carbonyl (C=O) groups is 2. The second-order valence-electron chi connectivity index (χ2n) is 16.5. The predicted molar refractivity (Wildman–Crippen MR) is 243 cm³/mol. The topological polar surface area (TPSA) is 223 Å². The Hall–Kier alpha value is -4.31. The summed E-state index contributed by atoms with van der Waals surface area (Å²) in [7, 11) is -8.49. The van der Waals surface area contributed by atoms with E-state index in [0.717, 1.165) is 57.2 Å². The quantitative estimate of drug-likeness (QED) is 0.143. The number of fused-ring (bicyclic) bond motifs is 6. The van der Waals surface area contributed by atoms with Crippen LogP contribution in [0.15, 0.2) is 79.9 Å². The van der Waals surface area contributed by atoms with Crippen molar-refractivity contribution >= 4 is 81.2 Å². The Balaban J connectivity index is 0.000000231. The predicted octanol–water partition coefficient (Wildman–Crippen LogP) is 6.65. The first-order chi connectivity index (χ1) is 28.7. The number of pyridine rings is 4. The summed E-state index contributed by atoms with van der Waals surface area (Å²) in [6.45, 7) is 11.1. The molecule has 21 heteroatoms. The van der Waals surface area contributed by atoms with Gasteiger partial charge in [-0.2, -0.15) is 21.2 Å². The maximum atomic E-state index is 13.4. The van der Waals surface area contributed by atoms with Crippen LogP contribution in [0.1, 0.15) is 94.4 Å². The number of sulfonamides is 2. The summed E-state index contributed by atoms with van der Waals surface area (Å²) in [6, 6.07) is 14.4. The Morgan fingerprint density at radius 1 is 0.919 bits per heavy atom. The number of aromatic nitrogens is 4. The number of anilines is 3. The number of amides is 2. The smallest absolute Gasteiger partial charge is 0.281 e. The average Bonchev–Trinajstić information content (AvgIpc) is 3.67. The van der Waals surface area contributed by atoms with Crippen molar-refractivity contribution in [3.63, 3.8) is 0 Å². The molecule has 4 aromatic heterocycles. The molecule has 7 heterocycles. The third kappa shape index (κ3) is 11.4. The van der Waals surface area contributed by atoms with Gasteiger partial charge < -0.3 is 20.9 Å². The third-order valence-electron chi connectivity index (χ3n) is 10.9. The molecular weight excluding hydrogens is 971 g/mol. The van der Waals surface area contributed by atoms with Gasteiger partial charge in [0.25, 0.3) is 31.9 Å². The van der Waals surface area contributed by atoms with Gasteiger partial charge in [-0.15, -0.1) is 0 Å². The molecule has 0 aromatic carbocycles. The summed E-state index contributed by atoms with van der Waals surface area (Å²) < 4.78 is 69.3. The van der Waals surface area contributed by atoms with Crippen LogP contribution in [0.3, 0.4) is 0 Å². The third-order valence-corrected chi connectivity index (χ3v) is 14.3. The fourth-order valence-electron chi connectivity index (χ4n) is 8.20. The lowest BCUT2D eigenvalue weighted by Gasteiger charge is -2.33. The zero-order valence-corrected chi connectivity index (χ0v) is 39.0. The van der Waals surface area contributed by atoms with E-state index in [1.54, 1.807) is 30.3 Å². The molecule has 4 bridgehead atoms. The number of nitrogens with one attached hydrogen (secondary N) is 3. The van der Waals surface area contributed by atoms with Crippen LogP contribution in [0.2, 0.25) is 0 Å². The Labute approximate surface area is 379 Å². The molecule has 2 fully saturated rings. The first-order valence-corrected chi connectivity index (χ1v) is 24.3. The van der Waals surface area contributed by atoms with Crippen molar-refractivity contribution in [3.05, 3.63) is 86.9 Å². The van der Waals surface area contributed by atoms with Crippen LogP contribution >= 0.6 is 31.9 Å². The highest BCUT2D eigenvalue weighted by Gasteiger charge is 2.42. The summed E-state index contributed by atoms with van der Waals surface area (Å²) >= 11 is 6.72. The zero-order valence-electron chi connectivity index (χ0n) is 34.2. The number of carbonyl (C=O) groups excluding carboxylic acids is 2. The Bertz CT molecular complexity index is 2520. The van der Waals surface area contributed by atoms with E-state index in [0.29, 0.717) is 58.1 Å². The summed E-state index contributed by atoms with van der Waals surface area (Å²) in [6.07, 6.45) is 5.68. The van der Waals surface area contributed by atoms with Crippen molar-refractivity contribution in [2.45, 2.75) is 94.8 Å². The summed E-state index contributed by atoms with van der Waals surface area (Å²) in [4.78, 5) is 46.7. The lowest BCUT2D eigenvalue weighted by molar-refractivity contribution is 0.0972. The highest BCUT2D eigenvalue weighted by Crippen LogP contribution is 2.41. The summed E-state index contributed by atoms with van der Waals surface area (Å²) in [5, 5.41) is 2.41. The van der Waals surface area contributed by atoms with Crippen molar-refractivity contribution in [2.24, 2.45) is 17.6 Å². The molecule has 3 aliphatic heterocycles. The molecule has 0 unspecified atom stereocenters. The van der Waals surface area contributed by atoms with Crippen molar-refractivity contribution in [3.8, 4) is 0 Å². The van der Waals surface area contributed by atoms with Crippen LogP contribution in [-0.4, -0.2) is 85.8 Å². The number of halogens is 3. The van der Waals surface area contributed by atoms with Gasteiger partial charge in [0.15, 0.2) is 10.1 Å². The lowest BCUT2D eigenvalue weighted by atomic mass is 9.93. The van der Waals surface area contributed by atoms with Gasteiger partial charge in [-0.3, -0.25) is 9.59 Å². The number of nitrogens with two attached hydrogens (primary N) is 1. The molecular formula is C41H53Br2FN10O6S2. The molecule has 5 N–H and O–H groups in total. The second-order valence-corrected chi connectivity index (χ2v) is 21.4. The van der Waals surface area contributed by atoms with Crippen LogP contribution in [0, 0.1) is 17.8 Å². The van der Waals surface area contributed by atoms with Gasteiger partial charge in [0.2, 0.25) is 5.95 Å². The van der Waals surface area contributed by atoms with Gasteiger partial charge >= 0.3 is 0 Å². The van der Waals surface area contributed by atoms with Crippen LogP contribution in [-0.2, 0) is 20.0 Å². The van der Waals surface area contributed by atoms with E-state index >= 15 is 0 Å². The van der Waals surface area contributed by atoms with Gasteiger partial charge in [0.1, 0.15) is 26.7 Å². The molecule has 0 spiro atoms. The number of hydrogen-bond acceptors (Lipinski definition) is 14. The molecule has 62 heavy (non-hydrogen) atoms. The largest absolute Gasteiger partial charge is 0.370 e. The minimum absolute atomic E-state index is 0. The van der Waals surface area contributed by atoms with Gasteiger partial charge in [0, 0.05) is 30.7 Å². The number of rotatable bonds is 7. The fraction of sp³-hybridized carbons (Fsp3) is 0.463. The van der Waals surface area contributed by atoms with Gasteiger partial charge in [-0.25, -0.2) is 29.4 Å². The maximum absolute atomic E-state index is 13.4. The van der Waals surface area contributed by atoms with Crippen molar-refractivity contribution in [1.29, 1.82) is 0 Å². The molecule has 2 saturated heterocycles. The van der Waals surface area contributed by atoms with E-state index in [1.165, 1.54) is 18.2 Å². The van der Waals surface area contributed by atoms with Crippen LogP contribution < -0.4 is 30.3 Å². The van der Waals surface area contributed by atoms with Gasteiger partial charge in [-0.05, 0) is 165 Å². The number of nitrogens with zero attached hydrogens (tertiary/aromatic N) is 6. The highest BCUT2D eigenvalue weighted by molar-refractivity contribution is 9.10. The van der Waals surface area contributed by atoms with Crippen LogP contribution in [0.5, 0.6) is 0 Å². The Kier molecular flexibility index (Phi) is 15.4. The minimum Gasteiger partial charge on any atom is -0.370 e. The summed E-state index contributed by atoms with van der Waals surface area (Å²) in [5.41, 5.74) is 5.49. The molecule has 0 aliphatic carbocycles. The van der Waals surface area contributed by atoms with E-state index < -0.39 is 42.8 Å². The molecule has 0 radical (unpaired) electrons. The SMILES string of the molecule is C.CC1(C)C[C@@H]2CCCNc3cccc(n3)S(=O)(=O)NC(=O)c3ccc(Br)nc3N1C2.CC1(C)C[C@H](CCCN)CN1c1nc(Br)ccc1C(=O)NS(=O)(=O)c1cccc(F)n1. The van der Waals surface area contributed by atoms with E-state index in [9.17, 15) is 30.8 Å². The minimum atomic E-state index is -4.35.